The van der Waals surface area contributed by atoms with Crippen molar-refractivity contribution in [1.82, 2.24) is 4.90 Å². The summed E-state index contributed by atoms with van der Waals surface area (Å²) in [6.45, 7) is 1.52. The zero-order valence-corrected chi connectivity index (χ0v) is 20.6. The average molecular weight is 500 g/mol. The van der Waals surface area contributed by atoms with Crippen LogP contribution in [0.3, 0.4) is 0 Å². The van der Waals surface area contributed by atoms with Crippen LogP contribution in [0.5, 0.6) is 11.5 Å². The van der Waals surface area contributed by atoms with Gasteiger partial charge in [-0.15, -0.1) is 0 Å². The molecule has 2 aliphatic rings. The van der Waals surface area contributed by atoms with Crippen molar-refractivity contribution in [2.24, 2.45) is 0 Å². The van der Waals surface area contributed by atoms with Crippen molar-refractivity contribution in [1.29, 1.82) is 0 Å². The molecule has 5 rings (SSSR count). The quantitative estimate of drug-likeness (QED) is 0.492. The van der Waals surface area contributed by atoms with Crippen LogP contribution in [-0.4, -0.2) is 49.2 Å². The van der Waals surface area contributed by atoms with Gasteiger partial charge in [0, 0.05) is 29.8 Å². The van der Waals surface area contributed by atoms with Crippen molar-refractivity contribution in [3.8, 4) is 11.5 Å². The number of hydrogen-bond acceptors (Lipinski definition) is 6. The number of benzene rings is 3. The molecule has 9 nitrogen and oxygen atoms in total. The second kappa shape index (κ2) is 9.42. The lowest BCUT2D eigenvalue weighted by atomic mass is 10.0. The van der Waals surface area contributed by atoms with Gasteiger partial charge in [0.25, 0.3) is 11.8 Å². The Balaban J connectivity index is 1.48. The molecular formula is C28H25N3O6. The first kappa shape index (κ1) is 24.1. The van der Waals surface area contributed by atoms with Crippen molar-refractivity contribution in [2.75, 3.05) is 31.0 Å². The lowest BCUT2D eigenvalue weighted by molar-refractivity contribution is -0.116. The highest BCUT2D eigenvalue weighted by atomic mass is 16.5. The third kappa shape index (κ3) is 3.98. The Hall–Kier alpha value is -4.66. The van der Waals surface area contributed by atoms with Gasteiger partial charge in [0.15, 0.2) is 17.3 Å². The molecule has 0 saturated carbocycles. The predicted octanol–water partition coefficient (Wildman–Crippen LogP) is 4.05. The zero-order chi connectivity index (χ0) is 26.3. The van der Waals surface area contributed by atoms with Crippen LogP contribution in [0.4, 0.5) is 11.4 Å². The van der Waals surface area contributed by atoms with E-state index in [-0.39, 0.29) is 36.5 Å². The molecule has 0 aromatic heterocycles. The lowest BCUT2D eigenvalue weighted by Gasteiger charge is -2.40. The van der Waals surface area contributed by atoms with Crippen molar-refractivity contribution in [2.45, 2.75) is 19.5 Å². The molecule has 0 spiro atoms. The van der Waals surface area contributed by atoms with E-state index >= 15 is 0 Å². The minimum absolute atomic E-state index is 0.0145. The highest BCUT2D eigenvalue weighted by molar-refractivity contribution is 6.18. The maximum atomic E-state index is 13.7. The van der Waals surface area contributed by atoms with Gasteiger partial charge in [0.2, 0.25) is 5.91 Å². The van der Waals surface area contributed by atoms with E-state index in [1.807, 2.05) is 0 Å². The molecule has 9 heteroatoms. The van der Waals surface area contributed by atoms with Crippen LogP contribution < -0.4 is 19.7 Å². The number of carbonyl (C=O) groups excluding carboxylic acids is 4. The standard InChI is InChI=1S/C28H25N3O6/c1-16(32)17-7-6-8-18(15-17)29-23(33)13-14-30-26-20-11-12-22(36-2)25(37-3)24(20)28(35)31(26)21-10-5-4-9-19(21)27(30)34/h4-12,15,26H,13-14H2,1-3H3,(H,29,33)/t26-/m1/s1. The van der Waals surface area contributed by atoms with Crippen molar-refractivity contribution < 1.29 is 28.7 Å². The predicted molar refractivity (Wildman–Crippen MR) is 136 cm³/mol. The molecule has 0 unspecified atom stereocenters. The van der Waals surface area contributed by atoms with E-state index in [1.54, 1.807) is 65.6 Å². The monoisotopic (exact) mass is 499 g/mol. The zero-order valence-electron chi connectivity index (χ0n) is 20.6. The van der Waals surface area contributed by atoms with E-state index < -0.39 is 6.17 Å². The van der Waals surface area contributed by atoms with Crippen molar-refractivity contribution >= 4 is 34.9 Å². The van der Waals surface area contributed by atoms with Crippen LogP contribution in [0.2, 0.25) is 0 Å². The largest absolute Gasteiger partial charge is 0.493 e. The van der Waals surface area contributed by atoms with E-state index in [2.05, 4.69) is 5.32 Å². The van der Waals surface area contributed by atoms with E-state index in [9.17, 15) is 19.2 Å². The molecule has 3 aromatic rings. The first-order valence-corrected chi connectivity index (χ1v) is 11.7. The number of hydrogen-bond donors (Lipinski definition) is 1. The first-order chi connectivity index (χ1) is 17.8. The number of carbonyl (C=O) groups is 4. The van der Waals surface area contributed by atoms with E-state index in [4.69, 9.17) is 9.47 Å². The first-order valence-electron chi connectivity index (χ1n) is 11.7. The third-order valence-electron chi connectivity index (χ3n) is 6.62. The molecule has 0 aliphatic carbocycles. The number of nitrogens with zero attached hydrogens (tertiary/aromatic N) is 2. The van der Waals surface area contributed by atoms with Crippen LogP contribution in [0.1, 0.15) is 56.1 Å². The van der Waals surface area contributed by atoms with Gasteiger partial charge in [-0.1, -0.05) is 30.3 Å². The second-order valence-electron chi connectivity index (χ2n) is 8.76. The molecule has 1 atom stereocenters. The van der Waals surface area contributed by atoms with Crippen LogP contribution in [-0.2, 0) is 4.79 Å². The Morgan fingerprint density at radius 1 is 0.946 bits per heavy atom. The van der Waals surface area contributed by atoms with Gasteiger partial charge in [-0.2, -0.15) is 0 Å². The minimum Gasteiger partial charge on any atom is -0.493 e. The van der Waals surface area contributed by atoms with Crippen LogP contribution in [0, 0.1) is 0 Å². The molecule has 0 saturated heterocycles. The highest BCUT2D eigenvalue weighted by Gasteiger charge is 2.49. The Morgan fingerprint density at radius 2 is 1.73 bits per heavy atom. The maximum Gasteiger partial charge on any atom is 0.264 e. The van der Waals surface area contributed by atoms with Gasteiger partial charge >= 0.3 is 0 Å². The SMILES string of the molecule is COc1ccc2c(c1OC)C(=O)N1c3ccccc3C(=O)N(CCC(=O)Nc3cccc(C(C)=O)c3)[C@@H]21. The summed E-state index contributed by atoms with van der Waals surface area (Å²) in [5, 5.41) is 2.79. The average Bonchev–Trinajstić information content (AvgIpc) is 3.20. The molecule has 3 aromatic carbocycles. The fourth-order valence-corrected chi connectivity index (χ4v) is 4.91. The topological polar surface area (TPSA) is 105 Å². The number of ketones is 1. The number of Topliss-reactive ketones (excluding diaryl/α,β-unsaturated/α-hetero) is 1. The summed E-state index contributed by atoms with van der Waals surface area (Å²) in [4.78, 5) is 54.9. The normalized spacial score (nSPS) is 15.6. The van der Waals surface area contributed by atoms with Crippen LogP contribution in [0.25, 0.3) is 0 Å². The Labute approximate surface area is 213 Å². The number of nitrogens with one attached hydrogen (secondary N) is 1. The summed E-state index contributed by atoms with van der Waals surface area (Å²) >= 11 is 0. The summed E-state index contributed by atoms with van der Waals surface area (Å²) in [6.07, 6.45) is -0.752. The number of anilines is 2. The van der Waals surface area contributed by atoms with E-state index in [0.717, 1.165) is 0 Å². The summed E-state index contributed by atoms with van der Waals surface area (Å²) in [5.74, 6) is -0.314. The van der Waals surface area contributed by atoms with E-state index in [1.165, 1.54) is 26.0 Å². The summed E-state index contributed by atoms with van der Waals surface area (Å²) < 4.78 is 10.9. The Morgan fingerprint density at radius 3 is 2.46 bits per heavy atom. The smallest absolute Gasteiger partial charge is 0.264 e. The molecule has 2 heterocycles. The highest BCUT2D eigenvalue weighted by Crippen LogP contribution is 2.49. The van der Waals surface area contributed by atoms with Crippen LogP contribution >= 0.6 is 0 Å². The molecule has 188 valence electrons. The van der Waals surface area contributed by atoms with Gasteiger partial charge < -0.3 is 19.7 Å². The summed E-state index contributed by atoms with van der Waals surface area (Å²) in [5.41, 5.74) is 2.78. The molecule has 0 fully saturated rings. The minimum atomic E-state index is -0.737. The molecule has 0 bridgehead atoms. The Bertz CT molecular complexity index is 1450. The summed E-state index contributed by atoms with van der Waals surface area (Å²) in [6, 6.07) is 17.0. The number of ether oxygens (including phenoxy) is 2. The third-order valence-corrected chi connectivity index (χ3v) is 6.62. The number of methoxy groups -OCH3 is 2. The fraction of sp³-hybridized carbons (Fsp3) is 0.214. The van der Waals surface area contributed by atoms with Crippen LogP contribution in [0.15, 0.2) is 60.7 Å². The molecule has 1 N–H and O–H groups in total. The lowest BCUT2D eigenvalue weighted by Crippen LogP contribution is -2.49. The molecule has 0 radical (unpaired) electrons. The number of para-hydroxylation sites is 1. The molecular weight excluding hydrogens is 474 g/mol. The molecule has 3 amide bonds. The maximum absolute atomic E-state index is 13.7. The number of amides is 3. The van der Waals surface area contributed by atoms with Gasteiger partial charge in [-0.05, 0) is 37.3 Å². The summed E-state index contributed by atoms with van der Waals surface area (Å²) in [7, 11) is 2.96. The van der Waals surface area contributed by atoms with Crippen molar-refractivity contribution in [3.63, 3.8) is 0 Å². The van der Waals surface area contributed by atoms with Gasteiger partial charge in [-0.25, -0.2) is 0 Å². The van der Waals surface area contributed by atoms with Gasteiger partial charge in [0.05, 0.1) is 31.0 Å². The van der Waals surface area contributed by atoms with Gasteiger partial charge in [-0.3, -0.25) is 24.1 Å². The van der Waals surface area contributed by atoms with E-state index in [0.29, 0.717) is 45.1 Å². The molecule has 2 aliphatic heterocycles. The number of rotatable bonds is 7. The van der Waals surface area contributed by atoms with Gasteiger partial charge in [0.1, 0.15) is 6.17 Å². The van der Waals surface area contributed by atoms with Crippen molar-refractivity contribution in [3.05, 3.63) is 82.9 Å². The Kier molecular flexibility index (Phi) is 6.12. The number of fused-ring (bicyclic) bond motifs is 5. The second-order valence-corrected chi connectivity index (χ2v) is 8.76. The fourth-order valence-electron chi connectivity index (χ4n) is 4.91. The molecule has 37 heavy (non-hydrogen) atoms.